The number of nitrogens with one attached hydrogen (secondary N) is 1. The number of aromatic amines is 1. The molecule has 0 unspecified atom stereocenters. The Morgan fingerprint density at radius 2 is 2.12 bits per heavy atom. The van der Waals surface area contributed by atoms with Gasteiger partial charge in [0.1, 0.15) is 12.4 Å². The Balaban J connectivity index is 1.59. The van der Waals surface area contributed by atoms with Gasteiger partial charge in [-0.05, 0) is 49.3 Å². The van der Waals surface area contributed by atoms with Gasteiger partial charge in [-0.25, -0.2) is 9.97 Å². The number of H-pyrrole nitrogens is 1. The monoisotopic (exact) mass is 343 g/mol. The molecule has 0 aromatic carbocycles. The number of aliphatic hydroxyl groups is 1. The van der Waals surface area contributed by atoms with Crippen LogP contribution in [0.4, 0.5) is 5.82 Å². The van der Waals surface area contributed by atoms with Crippen LogP contribution in [0.2, 0.25) is 0 Å². The highest BCUT2D eigenvalue weighted by molar-refractivity contribution is 5.45. The molecule has 0 spiro atoms. The largest absolute Gasteiger partial charge is 0.392 e. The molecule has 2 atom stereocenters. The molecule has 1 saturated carbocycles. The molecule has 4 rings (SSSR count). The molecule has 1 aliphatic carbocycles. The average molecular weight is 343 g/mol. The SMILES string of the molecule is COCc1nc([C@@H]2CN(c3cc(CO)cc(C)n3)C[C@H]2C2CC2)n[nH]1. The van der Waals surface area contributed by atoms with Crippen molar-refractivity contribution in [3.8, 4) is 0 Å². The lowest BCUT2D eigenvalue weighted by atomic mass is 9.91. The minimum atomic E-state index is 0.0426. The lowest BCUT2D eigenvalue weighted by Crippen LogP contribution is -2.22. The smallest absolute Gasteiger partial charge is 0.156 e. The number of nitrogens with zero attached hydrogens (tertiary/aromatic N) is 4. The number of pyridine rings is 1. The Hall–Kier alpha value is -1.99. The van der Waals surface area contributed by atoms with Crippen molar-refractivity contribution in [1.29, 1.82) is 0 Å². The van der Waals surface area contributed by atoms with Gasteiger partial charge in [-0.2, -0.15) is 5.10 Å². The van der Waals surface area contributed by atoms with E-state index in [1.54, 1.807) is 7.11 Å². The van der Waals surface area contributed by atoms with Gasteiger partial charge >= 0.3 is 0 Å². The van der Waals surface area contributed by atoms with Crippen LogP contribution in [0.3, 0.4) is 0 Å². The van der Waals surface area contributed by atoms with Gasteiger partial charge in [0.2, 0.25) is 0 Å². The molecule has 7 heteroatoms. The number of rotatable bonds is 6. The fraction of sp³-hybridized carbons (Fsp3) is 0.611. The van der Waals surface area contributed by atoms with E-state index in [-0.39, 0.29) is 6.61 Å². The van der Waals surface area contributed by atoms with E-state index < -0.39 is 0 Å². The van der Waals surface area contributed by atoms with Crippen LogP contribution in [0, 0.1) is 18.8 Å². The Kier molecular flexibility index (Phi) is 4.43. The summed E-state index contributed by atoms with van der Waals surface area (Å²) in [5.41, 5.74) is 1.85. The maximum absolute atomic E-state index is 9.48. The summed E-state index contributed by atoms with van der Waals surface area (Å²) < 4.78 is 5.14. The van der Waals surface area contributed by atoms with Gasteiger partial charge in [-0.1, -0.05) is 0 Å². The van der Waals surface area contributed by atoms with Crippen LogP contribution in [0.5, 0.6) is 0 Å². The lowest BCUT2D eigenvalue weighted by molar-refractivity contribution is 0.178. The third kappa shape index (κ3) is 3.39. The maximum Gasteiger partial charge on any atom is 0.156 e. The molecule has 2 aromatic heterocycles. The third-order valence-corrected chi connectivity index (χ3v) is 5.26. The number of anilines is 1. The van der Waals surface area contributed by atoms with Crippen molar-refractivity contribution in [2.75, 3.05) is 25.1 Å². The second-order valence-electron chi connectivity index (χ2n) is 7.22. The van der Waals surface area contributed by atoms with Gasteiger partial charge in [-0.3, -0.25) is 5.10 Å². The minimum absolute atomic E-state index is 0.0426. The predicted molar refractivity (Wildman–Crippen MR) is 93.2 cm³/mol. The summed E-state index contributed by atoms with van der Waals surface area (Å²) in [5, 5.41) is 16.9. The third-order valence-electron chi connectivity index (χ3n) is 5.26. The first-order valence-electron chi connectivity index (χ1n) is 8.91. The standard InChI is InChI=1S/C18H25N5O2/c1-11-5-12(9-24)6-17(19-11)23-7-14(13-3-4-13)15(8-23)18-20-16(10-25-2)21-22-18/h5-6,13-15,24H,3-4,7-10H2,1-2H3,(H,20,21,22)/t14-,15+/m0/s1. The van der Waals surface area contributed by atoms with E-state index in [1.165, 1.54) is 12.8 Å². The van der Waals surface area contributed by atoms with Crippen molar-refractivity contribution < 1.29 is 9.84 Å². The van der Waals surface area contributed by atoms with Crippen molar-refractivity contribution in [2.24, 2.45) is 11.8 Å². The second-order valence-corrected chi connectivity index (χ2v) is 7.22. The van der Waals surface area contributed by atoms with E-state index in [9.17, 15) is 5.11 Å². The van der Waals surface area contributed by atoms with Gasteiger partial charge in [0.25, 0.3) is 0 Å². The first kappa shape index (κ1) is 16.5. The van der Waals surface area contributed by atoms with Crippen molar-refractivity contribution in [3.63, 3.8) is 0 Å². The molecule has 2 N–H and O–H groups in total. The topological polar surface area (TPSA) is 87.2 Å². The highest BCUT2D eigenvalue weighted by atomic mass is 16.5. The number of methoxy groups -OCH3 is 1. The van der Waals surface area contributed by atoms with E-state index in [2.05, 4.69) is 25.1 Å². The highest BCUT2D eigenvalue weighted by Gasteiger charge is 2.45. The summed E-state index contributed by atoms with van der Waals surface area (Å²) in [6.07, 6.45) is 2.60. The molecule has 25 heavy (non-hydrogen) atoms. The van der Waals surface area contributed by atoms with Gasteiger partial charge in [0.05, 0.1) is 6.61 Å². The normalized spacial score (nSPS) is 23.4. The summed E-state index contributed by atoms with van der Waals surface area (Å²) in [7, 11) is 1.66. The Labute approximate surface area is 147 Å². The van der Waals surface area contributed by atoms with Crippen molar-refractivity contribution in [3.05, 3.63) is 35.0 Å². The van der Waals surface area contributed by atoms with E-state index in [4.69, 9.17) is 4.74 Å². The molecule has 0 radical (unpaired) electrons. The zero-order valence-corrected chi connectivity index (χ0v) is 14.8. The number of aryl methyl sites for hydroxylation is 1. The lowest BCUT2D eigenvalue weighted by Gasteiger charge is -2.18. The fourth-order valence-corrected chi connectivity index (χ4v) is 3.94. The number of aliphatic hydroxyl groups excluding tert-OH is 1. The molecule has 3 heterocycles. The van der Waals surface area contributed by atoms with Gasteiger partial charge < -0.3 is 14.7 Å². The van der Waals surface area contributed by atoms with E-state index in [1.807, 2.05) is 19.1 Å². The molecule has 0 amide bonds. The van der Waals surface area contributed by atoms with Crippen LogP contribution in [0.15, 0.2) is 12.1 Å². The Bertz CT molecular complexity index is 743. The molecular formula is C18H25N5O2. The predicted octanol–water partition coefficient (Wildman–Crippen LogP) is 1.78. The average Bonchev–Trinajstić information content (AvgIpc) is 3.18. The maximum atomic E-state index is 9.48. The van der Waals surface area contributed by atoms with Crippen LogP contribution in [-0.4, -0.2) is 45.5 Å². The van der Waals surface area contributed by atoms with Crippen LogP contribution >= 0.6 is 0 Å². The summed E-state index contributed by atoms with van der Waals surface area (Å²) in [6, 6.07) is 3.93. The second kappa shape index (κ2) is 6.72. The quantitative estimate of drug-likeness (QED) is 0.831. The van der Waals surface area contributed by atoms with Gasteiger partial charge in [0, 0.05) is 31.8 Å². The molecule has 134 valence electrons. The number of hydrogen-bond donors (Lipinski definition) is 2. The van der Waals surface area contributed by atoms with Crippen molar-refractivity contribution in [1.82, 2.24) is 20.2 Å². The van der Waals surface area contributed by atoms with Crippen LogP contribution in [0.1, 0.15) is 41.7 Å². The summed E-state index contributed by atoms with van der Waals surface area (Å²) in [6.45, 7) is 4.32. The zero-order valence-electron chi connectivity index (χ0n) is 14.8. The number of ether oxygens (including phenoxy) is 1. The van der Waals surface area contributed by atoms with Crippen LogP contribution < -0.4 is 4.90 Å². The first-order chi connectivity index (χ1) is 12.2. The van der Waals surface area contributed by atoms with Crippen LogP contribution in [-0.2, 0) is 18.0 Å². The van der Waals surface area contributed by atoms with E-state index in [0.717, 1.165) is 47.7 Å². The first-order valence-corrected chi connectivity index (χ1v) is 8.91. The molecule has 7 nitrogen and oxygen atoms in total. The zero-order chi connectivity index (χ0) is 17.4. The van der Waals surface area contributed by atoms with Crippen molar-refractivity contribution in [2.45, 2.75) is 38.9 Å². The number of aromatic nitrogens is 4. The molecule has 0 bridgehead atoms. The Morgan fingerprint density at radius 1 is 1.28 bits per heavy atom. The van der Waals surface area contributed by atoms with Crippen LogP contribution in [0.25, 0.3) is 0 Å². The van der Waals surface area contributed by atoms with E-state index >= 15 is 0 Å². The molecule has 1 saturated heterocycles. The molecule has 2 aromatic rings. The van der Waals surface area contributed by atoms with E-state index in [0.29, 0.717) is 18.4 Å². The fourth-order valence-electron chi connectivity index (χ4n) is 3.94. The minimum Gasteiger partial charge on any atom is -0.392 e. The molecular weight excluding hydrogens is 318 g/mol. The summed E-state index contributed by atoms with van der Waals surface area (Å²) in [4.78, 5) is 11.7. The molecule has 2 fully saturated rings. The molecule has 1 aliphatic heterocycles. The molecule has 2 aliphatic rings. The van der Waals surface area contributed by atoms with Gasteiger partial charge in [-0.15, -0.1) is 0 Å². The number of hydrogen-bond acceptors (Lipinski definition) is 6. The summed E-state index contributed by atoms with van der Waals surface area (Å²) >= 11 is 0. The highest BCUT2D eigenvalue weighted by Crippen LogP contribution is 2.47. The Morgan fingerprint density at radius 3 is 2.84 bits per heavy atom. The van der Waals surface area contributed by atoms with Crippen molar-refractivity contribution >= 4 is 5.82 Å². The summed E-state index contributed by atoms with van der Waals surface area (Å²) in [5.74, 6) is 4.26. The van der Waals surface area contributed by atoms with Gasteiger partial charge in [0.15, 0.2) is 11.6 Å².